The number of hydrogen-bond donors (Lipinski definition) is 0. The molecule has 0 fully saturated rings. The fourth-order valence-electron chi connectivity index (χ4n) is 3.33. The van der Waals surface area contributed by atoms with Crippen LogP contribution in [0.3, 0.4) is 0 Å². The third kappa shape index (κ3) is 4.30. The standard InChI is InChI=1S/C25H26O5/c1-14(2)24(26)29-22-18-9-7-8-10-19(18)23(30-25(27)15(3)4)21-13-17(28-16(5)6)11-12-20(21)22/h7-11,16H,1,3,12-13H2,2,4-6H3. The van der Waals surface area contributed by atoms with E-state index in [2.05, 4.69) is 13.2 Å². The molecule has 30 heavy (non-hydrogen) atoms. The van der Waals surface area contributed by atoms with E-state index in [4.69, 9.17) is 14.2 Å². The summed E-state index contributed by atoms with van der Waals surface area (Å²) in [4.78, 5) is 24.7. The summed E-state index contributed by atoms with van der Waals surface area (Å²) in [6.07, 6.45) is 2.90. The number of fused-ring (bicyclic) bond motifs is 2. The van der Waals surface area contributed by atoms with Gasteiger partial charge in [-0.2, -0.15) is 0 Å². The monoisotopic (exact) mass is 406 g/mol. The summed E-state index contributed by atoms with van der Waals surface area (Å²) >= 11 is 0. The molecule has 0 heterocycles. The maximum Gasteiger partial charge on any atom is 0.338 e. The van der Waals surface area contributed by atoms with Crippen LogP contribution in [0, 0.1) is 0 Å². The van der Waals surface area contributed by atoms with Crippen molar-refractivity contribution in [3.8, 4) is 11.5 Å². The molecule has 0 aromatic heterocycles. The average molecular weight is 406 g/mol. The van der Waals surface area contributed by atoms with Gasteiger partial charge in [-0.15, -0.1) is 0 Å². The molecular formula is C25H26O5. The molecule has 1 aliphatic rings. The van der Waals surface area contributed by atoms with E-state index in [9.17, 15) is 9.59 Å². The predicted octanol–water partition coefficient (Wildman–Crippen LogP) is 5.21. The van der Waals surface area contributed by atoms with Gasteiger partial charge in [-0.05, 0) is 40.2 Å². The maximum atomic E-state index is 12.4. The average Bonchev–Trinajstić information content (AvgIpc) is 2.69. The van der Waals surface area contributed by atoms with Gasteiger partial charge < -0.3 is 14.2 Å². The van der Waals surface area contributed by atoms with Crippen LogP contribution < -0.4 is 9.47 Å². The summed E-state index contributed by atoms with van der Waals surface area (Å²) in [5, 5.41) is 1.37. The van der Waals surface area contributed by atoms with Crippen LogP contribution in [0.15, 0.2) is 60.4 Å². The van der Waals surface area contributed by atoms with Gasteiger partial charge in [0.2, 0.25) is 0 Å². The molecule has 2 aromatic carbocycles. The lowest BCUT2D eigenvalue weighted by atomic mass is 9.89. The third-order valence-electron chi connectivity index (χ3n) is 4.69. The number of carbonyl (C=O) groups excluding carboxylic acids is 2. The highest BCUT2D eigenvalue weighted by Gasteiger charge is 2.28. The number of carbonyl (C=O) groups is 2. The fourth-order valence-corrected chi connectivity index (χ4v) is 3.33. The van der Waals surface area contributed by atoms with Gasteiger partial charge >= 0.3 is 11.9 Å². The number of rotatable bonds is 6. The Morgan fingerprint density at radius 2 is 1.40 bits per heavy atom. The number of esters is 2. The smallest absolute Gasteiger partial charge is 0.338 e. The summed E-state index contributed by atoms with van der Waals surface area (Å²) < 4.78 is 17.4. The van der Waals surface area contributed by atoms with Crippen LogP contribution in [-0.2, 0) is 27.2 Å². The van der Waals surface area contributed by atoms with E-state index in [1.54, 1.807) is 13.8 Å². The zero-order valence-electron chi connectivity index (χ0n) is 17.8. The SMILES string of the molecule is C=C(C)C(=O)Oc1c2c(c(OC(=O)C(=C)C)c3ccccc13)CC(OC(C)C)=CC2. The molecule has 0 saturated heterocycles. The Labute approximate surface area is 176 Å². The lowest BCUT2D eigenvalue weighted by Gasteiger charge is -2.25. The molecule has 0 unspecified atom stereocenters. The molecular weight excluding hydrogens is 380 g/mol. The molecule has 0 N–H and O–H groups in total. The number of allylic oxidation sites excluding steroid dienone is 2. The lowest BCUT2D eigenvalue weighted by Crippen LogP contribution is -2.17. The van der Waals surface area contributed by atoms with Crippen molar-refractivity contribution in [2.24, 2.45) is 0 Å². The van der Waals surface area contributed by atoms with E-state index in [0.29, 0.717) is 46.3 Å². The van der Waals surface area contributed by atoms with Gasteiger partial charge in [0.1, 0.15) is 11.5 Å². The van der Waals surface area contributed by atoms with Crippen LogP contribution in [0.1, 0.15) is 38.8 Å². The van der Waals surface area contributed by atoms with Crippen molar-refractivity contribution in [3.63, 3.8) is 0 Å². The zero-order valence-corrected chi connectivity index (χ0v) is 17.8. The van der Waals surface area contributed by atoms with E-state index in [1.165, 1.54) is 0 Å². The minimum absolute atomic E-state index is 0.0142. The number of hydrogen-bond acceptors (Lipinski definition) is 5. The summed E-state index contributed by atoms with van der Waals surface area (Å²) in [5.41, 5.74) is 2.17. The first-order valence-electron chi connectivity index (χ1n) is 9.86. The minimum Gasteiger partial charge on any atom is -0.495 e. The van der Waals surface area contributed by atoms with Crippen molar-refractivity contribution in [1.82, 2.24) is 0 Å². The molecule has 5 nitrogen and oxygen atoms in total. The Bertz CT molecular complexity index is 1090. The molecule has 1 aliphatic carbocycles. The molecule has 0 spiro atoms. The second kappa shape index (κ2) is 8.57. The molecule has 0 amide bonds. The molecule has 3 rings (SSSR count). The molecule has 0 atom stereocenters. The van der Waals surface area contributed by atoms with Crippen LogP contribution in [0.5, 0.6) is 11.5 Å². The van der Waals surface area contributed by atoms with Gasteiger partial charge in [0.15, 0.2) is 0 Å². The van der Waals surface area contributed by atoms with Gasteiger partial charge in [-0.25, -0.2) is 9.59 Å². The fraction of sp³-hybridized carbons (Fsp3) is 0.280. The molecule has 156 valence electrons. The summed E-state index contributed by atoms with van der Waals surface area (Å²) in [7, 11) is 0. The number of ether oxygens (including phenoxy) is 3. The number of benzene rings is 2. The van der Waals surface area contributed by atoms with Gasteiger partial charge in [-0.1, -0.05) is 37.4 Å². The van der Waals surface area contributed by atoms with Crippen molar-refractivity contribution in [1.29, 1.82) is 0 Å². The van der Waals surface area contributed by atoms with Gasteiger partial charge in [0.05, 0.1) is 11.9 Å². The molecule has 0 radical (unpaired) electrons. The Balaban J connectivity index is 2.24. The van der Waals surface area contributed by atoms with E-state index in [-0.39, 0.29) is 6.10 Å². The van der Waals surface area contributed by atoms with Crippen molar-refractivity contribution >= 4 is 22.7 Å². The van der Waals surface area contributed by atoms with E-state index >= 15 is 0 Å². The van der Waals surface area contributed by atoms with E-state index in [1.807, 2.05) is 44.2 Å². The van der Waals surface area contributed by atoms with Crippen molar-refractivity contribution in [3.05, 3.63) is 71.5 Å². The molecule has 0 bridgehead atoms. The maximum absolute atomic E-state index is 12.4. The van der Waals surface area contributed by atoms with Gasteiger partial charge in [0, 0.05) is 39.5 Å². The quantitative estimate of drug-likeness (QED) is 0.374. The first-order valence-corrected chi connectivity index (χ1v) is 9.86. The summed E-state index contributed by atoms with van der Waals surface area (Å²) in [6.45, 7) is 14.5. The highest BCUT2D eigenvalue weighted by molar-refractivity contribution is 6.01. The second-order valence-corrected chi connectivity index (χ2v) is 7.72. The van der Waals surface area contributed by atoms with Crippen molar-refractivity contribution in [2.75, 3.05) is 0 Å². The van der Waals surface area contributed by atoms with Gasteiger partial charge in [0.25, 0.3) is 0 Å². The summed E-state index contributed by atoms with van der Waals surface area (Å²) in [6, 6.07) is 7.39. The van der Waals surface area contributed by atoms with Crippen LogP contribution >= 0.6 is 0 Å². The Kier molecular flexibility index (Phi) is 6.11. The first-order chi connectivity index (χ1) is 14.2. The first kappa shape index (κ1) is 21.4. The van der Waals surface area contributed by atoms with E-state index < -0.39 is 11.9 Å². The Morgan fingerprint density at radius 1 is 0.900 bits per heavy atom. The zero-order chi connectivity index (χ0) is 22.0. The van der Waals surface area contributed by atoms with Crippen LogP contribution in [0.25, 0.3) is 10.8 Å². The van der Waals surface area contributed by atoms with Crippen molar-refractivity contribution in [2.45, 2.75) is 46.6 Å². The van der Waals surface area contributed by atoms with Crippen molar-refractivity contribution < 1.29 is 23.8 Å². The Morgan fingerprint density at radius 3 is 1.87 bits per heavy atom. The molecule has 0 saturated carbocycles. The van der Waals surface area contributed by atoms with Crippen LogP contribution in [0.2, 0.25) is 0 Å². The van der Waals surface area contributed by atoms with E-state index in [0.717, 1.165) is 16.9 Å². The lowest BCUT2D eigenvalue weighted by molar-refractivity contribution is -0.131. The topological polar surface area (TPSA) is 61.8 Å². The third-order valence-corrected chi connectivity index (χ3v) is 4.69. The van der Waals surface area contributed by atoms with Crippen LogP contribution in [-0.4, -0.2) is 18.0 Å². The highest BCUT2D eigenvalue weighted by atomic mass is 16.5. The Hall–Kier alpha value is -3.34. The molecule has 5 heteroatoms. The van der Waals surface area contributed by atoms with Crippen LogP contribution in [0.4, 0.5) is 0 Å². The second-order valence-electron chi connectivity index (χ2n) is 7.72. The summed E-state index contributed by atoms with van der Waals surface area (Å²) in [5.74, 6) is 0.694. The predicted molar refractivity (Wildman–Crippen MR) is 117 cm³/mol. The largest absolute Gasteiger partial charge is 0.495 e. The molecule has 2 aromatic rings. The highest BCUT2D eigenvalue weighted by Crippen LogP contribution is 2.44. The van der Waals surface area contributed by atoms with Gasteiger partial charge in [-0.3, -0.25) is 0 Å². The normalized spacial score (nSPS) is 12.8. The molecule has 0 aliphatic heterocycles. The minimum atomic E-state index is -0.505.